The molecule has 0 amide bonds. The highest BCUT2D eigenvalue weighted by molar-refractivity contribution is 6.30. The summed E-state index contributed by atoms with van der Waals surface area (Å²) in [6.07, 6.45) is 0. The molecule has 1 aromatic rings. The van der Waals surface area contributed by atoms with Gasteiger partial charge in [0.15, 0.2) is 0 Å². The van der Waals surface area contributed by atoms with Crippen LogP contribution in [0.4, 0.5) is 0 Å². The molecule has 0 aliphatic carbocycles. The van der Waals surface area contributed by atoms with Crippen molar-refractivity contribution in [3.63, 3.8) is 0 Å². The van der Waals surface area contributed by atoms with Gasteiger partial charge >= 0.3 is 0 Å². The first-order valence-corrected chi connectivity index (χ1v) is 5.82. The Bertz CT molecular complexity index is 338. The molecule has 0 aliphatic rings. The van der Waals surface area contributed by atoms with Crippen molar-refractivity contribution in [2.45, 2.75) is 38.8 Å². The van der Waals surface area contributed by atoms with Gasteiger partial charge in [-0.3, -0.25) is 0 Å². The van der Waals surface area contributed by atoms with Crippen LogP contribution in [0.25, 0.3) is 0 Å². The van der Waals surface area contributed by atoms with Crippen LogP contribution < -0.4 is 5.32 Å². The van der Waals surface area contributed by atoms with Crippen LogP contribution in [-0.2, 0) is 5.60 Å². The summed E-state index contributed by atoms with van der Waals surface area (Å²) in [6.45, 7) is 8.54. The summed E-state index contributed by atoms with van der Waals surface area (Å²) >= 11 is 5.81. The smallest absolute Gasteiger partial charge is 0.0992 e. The van der Waals surface area contributed by atoms with E-state index in [2.05, 4.69) is 26.1 Å². The summed E-state index contributed by atoms with van der Waals surface area (Å²) in [6, 6.07) is 7.30. The second-order valence-corrected chi connectivity index (χ2v) is 5.82. The number of β-amino-alcohol motifs (C(OH)–C–C–N with tert-alkyl or cyclic N) is 1. The van der Waals surface area contributed by atoms with Gasteiger partial charge in [0.25, 0.3) is 0 Å². The minimum atomic E-state index is -0.877. The third kappa shape index (κ3) is 4.12. The van der Waals surface area contributed by atoms with E-state index in [-0.39, 0.29) is 5.54 Å². The van der Waals surface area contributed by atoms with E-state index in [1.807, 2.05) is 12.1 Å². The highest BCUT2D eigenvalue weighted by Crippen LogP contribution is 2.22. The quantitative estimate of drug-likeness (QED) is 0.853. The van der Waals surface area contributed by atoms with Crippen molar-refractivity contribution in [3.8, 4) is 0 Å². The van der Waals surface area contributed by atoms with Crippen molar-refractivity contribution in [2.24, 2.45) is 0 Å². The Hall–Kier alpha value is -0.570. The van der Waals surface area contributed by atoms with Crippen molar-refractivity contribution in [3.05, 3.63) is 34.9 Å². The van der Waals surface area contributed by atoms with Crippen LogP contribution in [0, 0.1) is 0 Å². The van der Waals surface area contributed by atoms with E-state index in [0.717, 1.165) is 5.56 Å². The van der Waals surface area contributed by atoms with Gasteiger partial charge in [-0.1, -0.05) is 23.7 Å². The summed E-state index contributed by atoms with van der Waals surface area (Å²) < 4.78 is 0. The minimum Gasteiger partial charge on any atom is -0.384 e. The van der Waals surface area contributed by atoms with Gasteiger partial charge in [-0.15, -0.1) is 0 Å². The zero-order valence-corrected chi connectivity index (χ0v) is 11.1. The van der Waals surface area contributed by atoms with Crippen molar-refractivity contribution < 1.29 is 5.11 Å². The molecule has 1 atom stereocenters. The summed E-state index contributed by atoms with van der Waals surface area (Å²) in [5, 5.41) is 14.3. The Morgan fingerprint density at radius 3 is 2.06 bits per heavy atom. The second-order valence-electron chi connectivity index (χ2n) is 5.38. The van der Waals surface area contributed by atoms with Crippen molar-refractivity contribution in [2.75, 3.05) is 6.54 Å². The van der Waals surface area contributed by atoms with E-state index in [1.165, 1.54) is 0 Å². The molecule has 1 aromatic carbocycles. The predicted molar refractivity (Wildman–Crippen MR) is 68.8 cm³/mol. The normalized spacial score (nSPS) is 15.9. The average Bonchev–Trinajstić information content (AvgIpc) is 2.15. The lowest BCUT2D eigenvalue weighted by Crippen LogP contribution is -2.44. The van der Waals surface area contributed by atoms with Gasteiger partial charge in [0.2, 0.25) is 0 Å². The number of aliphatic hydroxyl groups is 1. The SMILES string of the molecule is CC(C)(C)NC[C@@](C)(O)c1ccc(Cl)cc1. The van der Waals surface area contributed by atoms with E-state index in [9.17, 15) is 5.11 Å². The van der Waals surface area contributed by atoms with Crippen LogP contribution in [0.5, 0.6) is 0 Å². The molecular weight excluding hydrogens is 222 g/mol. The summed E-state index contributed by atoms with van der Waals surface area (Å²) in [5.74, 6) is 0. The van der Waals surface area contributed by atoms with Gasteiger partial charge in [-0.2, -0.15) is 0 Å². The summed E-state index contributed by atoms with van der Waals surface area (Å²) in [5.41, 5.74) is -0.0115. The van der Waals surface area contributed by atoms with E-state index in [4.69, 9.17) is 11.6 Å². The van der Waals surface area contributed by atoms with Gasteiger partial charge in [0.05, 0.1) is 5.60 Å². The van der Waals surface area contributed by atoms with Crippen LogP contribution in [0.15, 0.2) is 24.3 Å². The molecule has 0 saturated carbocycles. The van der Waals surface area contributed by atoms with E-state index >= 15 is 0 Å². The molecule has 0 aromatic heterocycles. The topological polar surface area (TPSA) is 32.3 Å². The fourth-order valence-electron chi connectivity index (χ4n) is 1.35. The fourth-order valence-corrected chi connectivity index (χ4v) is 1.47. The molecule has 0 unspecified atom stereocenters. The Morgan fingerprint density at radius 1 is 1.12 bits per heavy atom. The monoisotopic (exact) mass is 241 g/mol. The third-order valence-electron chi connectivity index (χ3n) is 2.43. The van der Waals surface area contributed by atoms with Gasteiger partial charge in [0, 0.05) is 17.1 Å². The maximum atomic E-state index is 10.3. The average molecular weight is 242 g/mol. The van der Waals surface area contributed by atoms with Crippen LogP contribution in [0.1, 0.15) is 33.3 Å². The lowest BCUT2D eigenvalue weighted by Gasteiger charge is -2.29. The van der Waals surface area contributed by atoms with Crippen molar-refractivity contribution in [1.82, 2.24) is 5.32 Å². The van der Waals surface area contributed by atoms with Crippen LogP contribution >= 0.6 is 11.6 Å². The Morgan fingerprint density at radius 2 is 1.62 bits per heavy atom. The Labute approximate surface area is 103 Å². The molecule has 0 bridgehead atoms. The molecule has 2 N–H and O–H groups in total. The summed E-state index contributed by atoms with van der Waals surface area (Å²) in [4.78, 5) is 0. The van der Waals surface area contributed by atoms with Gasteiger partial charge < -0.3 is 10.4 Å². The molecule has 0 fully saturated rings. The molecule has 0 radical (unpaired) electrons. The molecule has 0 aliphatic heterocycles. The number of benzene rings is 1. The zero-order valence-electron chi connectivity index (χ0n) is 10.3. The molecule has 0 spiro atoms. The van der Waals surface area contributed by atoms with Crippen molar-refractivity contribution in [1.29, 1.82) is 0 Å². The van der Waals surface area contributed by atoms with Crippen LogP contribution in [0.3, 0.4) is 0 Å². The third-order valence-corrected chi connectivity index (χ3v) is 2.68. The summed E-state index contributed by atoms with van der Waals surface area (Å²) in [7, 11) is 0. The number of rotatable bonds is 3. The Balaban J connectivity index is 2.73. The minimum absolute atomic E-state index is 0.00356. The van der Waals surface area contributed by atoms with E-state index < -0.39 is 5.60 Å². The highest BCUT2D eigenvalue weighted by Gasteiger charge is 2.24. The number of halogens is 1. The zero-order chi connectivity index (χ0) is 12.4. The maximum absolute atomic E-state index is 10.3. The molecule has 0 heterocycles. The van der Waals surface area contributed by atoms with E-state index in [1.54, 1.807) is 19.1 Å². The lowest BCUT2D eigenvalue weighted by molar-refractivity contribution is 0.0502. The van der Waals surface area contributed by atoms with Crippen molar-refractivity contribution >= 4 is 11.6 Å². The molecule has 2 nitrogen and oxygen atoms in total. The second kappa shape index (κ2) is 4.74. The Kier molecular flexibility index (Phi) is 4.00. The molecule has 1 rings (SSSR count). The van der Waals surface area contributed by atoms with Gasteiger partial charge in [0.1, 0.15) is 0 Å². The van der Waals surface area contributed by atoms with Gasteiger partial charge in [-0.25, -0.2) is 0 Å². The molecule has 3 heteroatoms. The first kappa shape index (κ1) is 13.5. The van der Waals surface area contributed by atoms with Gasteiger partial charge in [-0.05, 0) is 45.4 Å². The maximum Gasteiger partial charge on any atom is 0.0992 e. The van der Waals surface area contributed by atoms with Crippen LogP contribution in [-0.4, -0.2) is 17.2 Å². The molecule has 16 heavy (non-hydrogen) atoms. The molecule has 90 valence electrons. The lowest BCUT2D eigenvalue weighted by atomic mass is 9.95. The number of hydrogen-bond acceptors (Lipinski definition) is 2. The van der Waals surface area contributed by atoms with E-state index in [0.29, 0.717) is 11.6 Å². The first-order chi connectivity index (χ1) is 7.21. The predicted octanol–water partition coefficient (Wildman–Crippen LogP) is 2.94. The number of nitrogens with one attached hydrogen (secondary N) is 1. The molecular formula is C13H20ClNO. The standard InChI is InChI=1S/C13H20ClNO/c1-12(2,3)15-9-13(4,16)10-5-7-11(14)8-6-10/h5-8,15-16H,9H2,1-4H3/t13-/m1/s1. The molecule has 0 saturated heterocycles. The highest BCUT2D eigenvalue weighted by atomic mass is 35.5. The number of hydrogen-bond donors (Lipinski definition) is 2. The largest absolute Gasteiger partial charge is 0.384 e. The fraction of sp³-hybridized carbons (Fsp3) is 0.538. The van der Waals surface area contributed by atoms with Crippen LogP contribution in [0.2, 0.25) is 5.02 Å². The first-order valence-electron chi connectivity index (χ1n) is 5.44.